The van der Waals surface area contributed by atoms with Gasteiger partial charge in [0.15, 0.2) is 0 Å². The van der Waals surface area contributed by atoms with Crippen molar-refractivity contribution in [2.45, 2.75) is 20.4 Å². The lowest BCUT2D eigenvalue weighted by Crippen LogP contribution is -2.21. The van der Waals surface area contributed by atoms with Gasteiger partial charge in [-0.25, -0.2) is 4.52 Å². The first-order valence-electron chi connectivity index (χ1n) is 9.12. The van der Waals surface area contributed by atoms with E-state index in [-0.39, 0.29) is 5.56 Å². The normalized spacial score (nSPS) is 11.1. The third-order valence-electron chi connectivity index (χ3n) is 4.57. The number of benzene rings is 2. The van der Waals surface area contributed by atoms with Crippen molar-refractivity contribution in [1.29, 1.82) is 0 Å². The van der Waals surface area contributed by atoms with E-state index >= 15 is 0 Å². The van der Waals surface area contributed by atoms with Crippen molar-refractivity contribution in [3.8, 4) is 17.0 Å². The summed E-state index contributed by atoms with van der Waals surface area (Å²) in [5, 5.41) is 5.05. The second kappa shape index (κ2) is 7.52. The molecule has 4 aromatic rings. The molecule has 2 heterocycles. The monoisotopic (exact) mass is 393 g/mol. The molecule has 0 bridgehead atoms. The molecule has 2 aromatic carbocycles. The van der Waals surface area contributed by atoms with Crippen molar-refractivity contribution in [2.24, 2.45) is 0 Å². The number of aryl methyl sites for hydroxylation is 1. The van der Waals surface area contributed by atoms with E-state index in [1.165, 1.54) is 5.56 Å². The zero-order chi connectivity index (χ0) is 19.7. The number of fused-ring (bicyclic) bond motifs is 1. The molecule has 0 radical (unpaired) electrons. The fourth-order valence-electron chi connectivity index (χ4n) is 3.23. The summed E-state index contributed by atoms with van der Waals surface area (Å²) in [6, 6.07) is 15.5. The second-order valence-corrected chi connectivity index (χ2v) is 7.07. The number of nitrogens with zero attached hydrogens (tertiary/aromatic N) is 3. The van der Waals surface area contributed by atoms with Gasteiger partial charge in [0.2, 0.25) is 0 Å². The Bertz CT molecular complexity index is 1210. The highest BCUT2D eigenvalue weighted by Crippen LogP contribution is 2.30. The summed E-state index contributed by atoms with van der Waals surface area (Å²) in [4.78, 5) is 12.9. The smallest absolute Gasteiger partial charge is 0.276 e. The van der Waals surface area contributed by atoms with E-state index in [0.29, 0.717) is 35.1 Å². The molecule has 0 fully saturated rings. The van der Waals surface area contributed by atoms with Crippen LogP contribution in [0.25, 0.3) is 16.8 Å². The van der Waals surface area contributed by atoms with E-state index in [4.69, 9.17) is 16.3 Å². The van der Waals surface area contributed by atoms with Gasteiger partial charge in [-0.15, -0.1) is 0 Å². The van der Waals surface area contributed by atoms with Crippen LogP contribution in [0.15, 0.2) is 65.7 Å². The summed E-state index contributed by atoms with van der Waals surface area (Å²) in [5.74, 6) is 0.636. The molecule has 0 saturated carbocycles. The van der Waals surface area contributed by atoms with E-state index in [9.17, 15) is 4.79 Å². The van der Waals surface area contributed by atoms with Gasteiger partial charge in [-0.2, -0.15) is 5.10 Å². The fourth-order valence-corrected chi connectivity index (χ4v) is 3.47. The van der Waals surface area contributed by atoms with Crippen LogP contribution >= 0.6 is 11.6 Å². The molecule has 28 heavy (non-hydrogen) atoms. The predicted octanol–water partition coefficient (Wildman–Crippen LogP) is 4.57. The Morgan fingerprint density at radius 2 is 1.96 bits per heavy atom. The third-order valence-corrected chi connectivity index (χ3v) is 4.86. The topological polar surface area (TPSA) is 48.5 Å². The molecule has 0 amide bonds. The van der Waals surface area contributed by atoms with Crippen LogP contribution in [0.3, 0.4) is 0 Å². The molecule has 2 aromatic heterocycles. The van der Waals surface area contributed by atoms with Crippen LogP contribution in [0.4, 0.5) is 0 Å². The van der Waals surface area contributed by atoms with E-state index in [1.54, 1.807) is 33.6 Å². The Hall–Kier alpha value is -3.05. The van der Waals surface area contributed by atoms with Gasteiger partial charge in [0, 0.05) is 18.0 Å². The third kappa shape index (κ3) is 3.53. The van der Waals surface area contributed by atoms with Gasteiger partial charge in [0.1, 0.15) is 11.3 Å². The average Bonchev–Trinajstić information content (AvgIpc) is 3.11. The predicted molar refractivity (Wildman–Crippen MR) is 111 cm³/mol. The van der Waals surface area contributed by atoms with Gasteiger partial charge >= 0.3 is 0 Å². The van der Waals surface area contributed by atoms with Crippen molar-refractivity contribution < 1.29 is 4.74 Å². The van der Waals surface area contributed by atoms with Gasteiger partial charge in [-0.1, -0.05) is 41.4 Å². The summed E-state index contributed by atoms with van der Waals surface area (Å²) in [7, 11) is 0. The maximum absolute atomic E-state index is 12.9. The maximum Gasteiger partial charge on any atom is 0.276 e. The summed E-state index contributed by atoms with van der Waals surface area (Å²) in [5.41, 5.74) is 4.22. The molecule has 6 heteroatoms. The number of rotatable bonds is 5. The molecule has 0 unspecified atom stereocenters. The Morgan fingerprint density at radius 1 is 1.11 bits per heavy atom. The molecule has 0 saturated heterocycles. The summed E-state index contributed by atoms with van der Waals surface area (Å²) < 4.78 is 8.78. The largest absolute Gasteiger partial charge is 0.492 e. The quantitative estimate of drug-likeness (QED) is 0.499. The first-order chi connectivity index (χ1) is 13.5. The van der Waals surface area contributed by atoms with Crippen molar-refractivity contribution in [3.63, 3.8) is 0 Å². The first-order valence-corrected chi connectivity index (χ1v) is 9.50. The molecule has 0 atom stereocenters. The Morgan fingerprint density at radius 3 is 2.71 bits per heavy atom. The molecule has 0 aliphatic heterocycles. The standard InChI is InChI=1S/C22H20ClN3O2/c1-3-28-21-8-7-17(12-18(21)23)19-13-20-22(27)25(9-10-26(20)24-19)14-16-6-4-5-15(2)11-16/h4-13H,3,14H2,1-2H3. The fraction of sp³-hybridized carbons (Fsp3) is 0.182. The average molecular weight is 394 g/mol. The summed E-state index contributed by atoms with van der Waals surface area (Å²) >= 11 is 6.29. The van der Waals surface area contributed by atoms with Crippen LogP contribution in [-0.2, 0) is 6.54 Å². The van der Waals surface area contributed by atoms with Crippen molar-refractivity contribution >= 4 is 17.1 Å². The lowest BCUT2D eigenvalue weighted by atomic mass is 10.1. The molecule has 0 aliphatic carbocycles. The van der Waals surface area contributed by atoms with Crippen LogP contribution in [-0.4, -0.2) is 20.8 Å². The van der Waals surface area contributed by atoms with Crippen LogP contribution < -0.4 is 10.3 Å². The molecular weight excluding hydrogens is 374 g/mol. The van der Waals surface area contributed by atoms with Crippen LogP contribution in [0.5, 0.6) is 5.75 Å². The molecule has 0 aliphatic rings. The minimum Gasteiger partial charge on any atom is -0.492 e. The molecule has 142 valence electrons. The van der Waals surface area contributed by atoms with Crippen molar-refractivity contribution in [3.05, 3.63) is 87.4 Å². The molecule has 5 nitrogen and oxygen atoms in total. The Balaban J connectivity index is 1.71. The zero-order valence-electron chi connectivity index (χ0n) is 15.7. The molecule has 0 N–H and O–H groups in total. The van der Waals surface area contributed by atoms with Crippen molar-refractivity contribution in [1.82, 2.24) is 14.2 Å². The van der Waals surface area contributed by atoms with Gasteiger partial charge in [0.05, 0.1) is 23.9 Å². The minimum absolute atomic E-state index is 0.0835. The van der Waals surface area contributed by atoms with E-state index in [2.05, 4.69) is 11.2 Å². The lowest BCUT2D eigenvalue weighted by molar-refractivity contribution is 0.340. The maximum atomic E-state index is 12.9. The molecular formula is C22H20ClN3O2. The number of hydrogen-bond acceptors (Lipinski definition) is 3. The van der Waals surface area contributed by atoms with E-state index < -0.39 is 0 Å². The number of halogens is 1. The van der Waals surface area contributed by atoms with Gasteiger partial charge in [0.25, 0.3) is 5.56 Å². The number of hydrogen-bond donors (Lipinski definition) is 0. The van der Waals surface area contributed by atoms with Crippen LogP contribution in [0.2, 0.25) is 5.02 Å². The first kappa shape index (κ1) is 18.3. The lowest BCUT2D eigenvalue weighted by Gasteiger charge is -2.06. The van der Waals surface area contributed by atoms with Crippen LogP contribution in [0, 0.1) is 6.92 Å². The molecule has 4 rings (SSSR count). The van der Waals surface area contributed by atoms with Gasteiger partial charge < -0.3 is 9.30 Å². The highest BCUT2D eigenvalue weighted by molar-refractivity contribution is 6.32. The molecule has 0 spiro atoms. The minimum atomic E-state index is -0.0835. The number of aromatic nitrogens is 3. The zero-order valence-corrected chi connectivity index (χ0v) is 16.5. The Kier molecular flexibility index (Phi) is 4.92. The SMILES string of the molecule is CCOc1ccc(-c2cc3c(=O)n(Cc4cccc(C)c4)ccn3n2)cc1Cl. The highest BCUT2D eigenvalue weighted by Gasteiger charge is 2.11. The van der Waals surface area contributed by atoms with Gasteiger partial charge in [-0.05, 0) is 43.7 Å². The van der Waals surface area contributed by atoms with E-state index in [1.807, 2.05) is 44.2 Å². The van der Waals surface area contributed by atoms with E-state index in [0.717, 1.165) is 11.1 Å². The Labute approximate surface area is 167 Å². The summed E-state index contributed by atoms with van der Waals surface area (Å²) in [6.07, 6.45) is 3.56. The highest BCUT2D eigenvalue weighted by atomic mass is 35.5. The summed E-state index contributed by atoms with van der Waals surface area (Å²) in [6.45, 7) is 5.02. The van der Waals surface area contributed by atoms with Crippen molar-refractivity contribution in [2.75, 3.05) is 6.61 Å². The number of ether oxygens (including phenoxy) is 1. The van der Waals surface area contributed by atoms with Gasteiger partial charge in [-0.3, -0.25) is 4.79 Å². The second-order valence-electron chi connectivity index (χ2n) is 6.66. The van der Waals surface area contributed by atoms with Crippen LogP contribution in [0.1, 0.15) is 18.1 Å².